The quantitative estimate of drug-likeness (QED) is 0.885. The fourth-order valence-corrected chi connectivity index (χ4v) is 3.36. The second kappa shape index (κ2) is 6.84. The average Bonchev–Trinajstić information content (AvgIpc) is 3.08. The molecule has 0 bridgehead atoms. The number of rotatable bonds is 2. The molecule has 0 spiro atoms. The number of hydrogen-bond donors (Lipinski definition) is 1. The van der Waals surface area contributed by atoms with Crippen molar-refractivity contribution in [1.29, 1.82) is 0 Å². The van der Waals surface area contributed by atoms with Gasteiger partial charge in [0.25, 0.3) is 5.91 Å². The fourth-order valence-electron chi connectivity index (χ4n) is 3.11. The lowest BCUT2D eigenvalue weighted by atomic mass is 10.1. The predicted octanol–water partition coefficient (Wildman–Crippen LogP) is 1.37. The summed E-state index contributed by atoms with van der Waals surface area (Å²) in [4.78, 5) is 28.2. The SMILES string of the molecule is O=C(c1c(F)cccc1Cl)N1CCN(C(=O)C2CCNC2)CC1. The number of halogens is 2. The van der Waals surface area contributed by atoms with Crippen LogP contribution in [0.2, 0.25) is 5.02 Å². The van der Waals surface area contributed by atoms with Gasteiger partial charge >= 0.3 is 0 Å². The minimum atomic E-state index is -0.613. The van der Waals surface area contributed by atoms with Crippen molar-refractivity contribution in [3.05, 3.63) is 34.6 Å². The normalized spacial score (nSPS) is 21.6. The summed E-state index contributed by atoms with van der Waals surface area (Å²) in [5.74, 6) is -0.843. The van der Waals surface area contributed by atoms with Crippen LogP contribution in [0.1, 0.15) is 16.8 Å². The van der Waals surface area contributed by atoms with Crippen LogP contribution in [0.15, 0.2) is 18.2 Å². The number of nitrogens with one attached hydrogen (secondary N) is 1. The van der Waals surface area contributed by atoms with E-state index in [1.54, 1.807) is 9.80 Å². The van der Waals surface area contributed by atoms with Crippen LogP contribution in [0.5, 0.6) is 0 Å². The minimum Gasteiger partial charge on any atom is -0.339 e. The minimum absolute atomic E-state index is 0.0401. The highest BCUT2D eigenvalue weighted by atomic mass is 35.5. The monoisotopic (exact) mass is 339 g/mol. The van der Waals surface area contributed by atoms with E-state index in [-0.39, 0.29) is 22.4 Å². The number of amides is 2. The van der Waals surface area contributed by atoms with Crippen molar-refractivity contribution >= 4 is 23.4 Å². The Kier molecular flexibility index (Phi) is 4.82. The molecule has 2 fully saturated rings. The van der Waals surface area contributed by atoms with Gasteiger partial charge in [0.2, 0.25) is 5.91 Å². The molecule has 1 atom stereocenters. The van der Waals surface area contributed by atoms with E-state index in [0.717, 1.165) is 19.5 Å². The summed E-state index contributed by atoms with van der Waals surface area (Å²) in [6, 6.07) is 4.21. The van der Waals surface area contributed by atoms with Gasteiger partial charge in [-0.1, -0.05) is 17.7 Å². The van der Waals surface area contributed by atoms with Gasteiger partial charge in [-0.25, -0.2) is 4.39 Å². The Morgan fingerprint density at radius 3 is 2.48 bits per heavy atom. The maximum Gasteiger partial charge on any atom is 0.258 e. The molecule has 0 saturated carbocycles. The van der Waals surface area contributed by atoms with E-state index in [1.807, 2.05) is 0 Å². The predicted molar refractivity (Wildman–Crippen MR) is 84.9 cm³/mol. The Bertz CT molecular complexity index is 591. The molecule has 1 unspecified atom stereocenters. The second-order valence-electron chi connectivity index (χ2n) is 5.90. The van der Waals surface area contributed by atoms with Gasteiger partial charge in [-0.2, -0.15) is 0 Å². The van der Waals surface area contributed by atoms with Gasteiger partial charge in [0.1, 0.15) is 5.82 Å². The van der Waals surface area contributed by atoms with Crippen molar-refractivity contribution in [2.75, 3.05) is 39.3 Å². The first-order chi connectivity index (χ1) is 11.1. The summed E-state index contributed by atoms with van der Waals surface area (Å²) in [7, 11) is 0. The van der Waals surface area contributed by atoms with Crippen molar-refractivity contribution < 1.29 is 14.0 Å². The van der Waals surface area contributed by atoms with E-state index >= 15 is 0 Å². The molecule has 0 radical (unpaired) electrons. The Morgan fingerprint density at radius 1 is 1.17 bits per heavy atom. The van der Waals surface area contributed by atoms with Crippen LogP contribution in [0.25, 0.3) is 0 Å². The first kappa shape index (κ1) is 16.2. The zero-order valence-corrected chi connectivity index (χ0v) is 13.5. The Balaban J connectivity index is 1.62. The van der Waals surface area contributed by atoms with E-state index in [2.05, 4.69) is 5.32 Å². The van der Waals surface area contributed by atoms with Gasteiger partial charge in [0.05, 0.1) is 16.5 Å². The van der Waals surface area contributed by atoms with Gasteiger partial charge in [0.15, 0.2) is 0 Å². The second-order valence-corrected chi connectivity index (χ2v) is 6.31. The lowest BCUT2D eigenvalue weighted by molar-refractivity contribution is -0.136. The smallest absolute Gasteiger partial charge is 0.258 e. The summed E-state index contributed by atoms with van der Waals surface area (Å²) < 4.78 is 13.9. The van der Waals surface area contributed by atoms with Crippen molar-refractivity contribution in [2.24, 2.45) is 5.92 Å². The maximum absolute atomic E-state index is 13.9. The van der Waals surface area contributed by atoms with Gasteiger partial charge in [-0.15, -0.1) is 0 Å². The van der Waals surface area contributed by atoms with E-state index in [0.29, 0.717) is 26.2 Å². The largest absolute Gasteiger partial charge is 0.339 e. The first-order valence-corrected chi connectivity index (χ1v) is 8.18. The topological polar surface area (TPSA) is 52.7 Å². The highest BCUT2D eigenvalue weighted by Gasteiger charge is 2.31. The molecule has 2 aliphatic heterocycles. The van der Waals surface area contributed by atoms with Crippen LogP contribution in [-0.2, 0) is 4.79 Å². The number of piperazine rings is 1. The Morgan fingerprint density at radius 2 is 1.87 bits per heavy atom. The lowest BCUT2D eigenvalue weighted by Gasteiger charge is -2.36. The van der Waals surface area contributed by atoms with Crippen LogP contribution in [0.3, 0.4) is 0 Å². The average molecular weight is 340 g/mol. The molecule has 0 aliphatic carbocycles. The van der Waals surface area contributed by atoms with Crippen molar-refractivity contribution in [3.8, 4) is 0 Å². The molecule has 1 aromatic carbocycles. The Hall–Kier alpha value is -1.66. The number of carbonyl (C=O) groups excluding carboxylic acids is 2. The van der Waals surface area contributed by atoms with Crippen LogP contribution < -0.4 is 5.32 Å². The van der Waals surface area contributed by atoms with Gasteiger partial charge in [-0.3, -0.25) is 9.59 Å². The summed E-state index contributed by atoms with van der Waals surface area (Å²) in [6.45, 7) is 3.36. The summed E-state index contributed by atoms with van der Waals surface area (Å²) >= 11 is 5.95. The van der Waals surface area contributed by atoms with Gasteiger partial charge in [-0.05, 0) is 25.1 Å². The molecule has 1 N–H and O–H groups in total. The Labute approximate surface area is 139 Å². The molecule has 1 aromatic rings. The van der Waals surface area contributed by atoms with Gasteiger partial charge < -0.3 is 15.1 Å². The lowest BCUT2D eigenvalue weighted by Crippen LogP contribution is -2.52. The van der Waals surface area contributed by atoms with E-state index in [9.17, 15) is 14.0 Å². The van der Waals surface area contributed by atoms with E-state index < -0.39 is 11.7 Å². The summed E-state index contributed by atoms with van der Waals surface area (Å²) in [5.41, 5.74) is -0.0889. The summed E-state index contributed by atoms with van der Waals surface area (Å²) in [5, 5.41) is 3.30. The van der Waals surface area contributed by atoms with E-state index in [4.69, 9.17) is 11.6 Å². The van der Waals surface area contributed by atoms with Crippen LogP contribution in [0.4, 0.5) is 4.39 Å². The molecule has 0 aromatic heterocycles. The molecule has 2 saturated heterocycles. The summed E-state index contributed by atoms with van der Waals surface area (Å²) in [6.07, 6.45) is 0.864. The van der Waals surface area contributed by atoms with Crippen molar-refractivity contribution in [2.45, 2.75) is 6.42 Å². The van der Waals surface area contributed by atoms with Crippen LogP contribution in [-0.4, -0.2) is 60.9 Å². The fraction of sp³-hybridized carbons (Fsp3) is 0.500. The third kappa shape index (κ3) is 3.33. The highest BCUT2D eigenvalue weighted by Crippen LogP contribution is 2.22. The third-order valence-electron chi connectivity index (χ3n) is 4.46. The molecule has 3 rings (SSSR count). The van der Waals surface area contributed by atoms with Crippen LogP contribution in [0, 0.1) is 11.7 Å². The molecule has 124 valence electrons. The zero-order valence-electron chi connectivity index (χ0n) is 12.7. The van der Waals surface area contributed by atoms with E-state index in [1.165, 1.54) is 18.2 Å². The highest BCUT2D eigenvalue weighted by molar-refractivity contribution is 6.33. The van der Waals surface area contributed by atoms with Crippen LogP contribution >= 0.6 is 11.6 Å². The number of carbonyl (C=O) groups is 2. The number of hydrogen-bond acceptors (Lipinski definition) is 3. The molecule has 5 nitrogen and oxygen atoms in total. The maximum atomic E-state index is 13.9. The van der Waals surface area contributed by atoms with Crippen molar-refractivity contribution in [1.82, 2.24) is 15.1 Å². The molecular formula is C16H19ClFN3O2. The number of benzene rings is 1. The molecular weight excluding hydrogens is 321 g/mol. The first-order valence-electron chi connectivity index (χ1n) is 7.80. The molecule has 2 aliphatic rings. The molecule has 7 heteroatoms. The van der Waals surface area contributed by atoms with Crippen molar-refractivity contribution in [3.63, 3.8) is 0 Å². The van der Waals surface area contributed by atoms with Gasteiger partial charge in [0, 0.05) is 32.7 Å². The zero-order chi connectivity index (χ0) is 16.4. The third-order valence-corrected chi connectivity index (χ3v) is 4.78. The number of nitrogens with zero attached hydrogens (tertiary/aromatic N) is 2. The molecule has 2 amide bonds. The standard InChI is InChI=1S/C16H19ClFN3O2/c17-12-2-1-3-13(18)14(12)16(23)21-8-6-20(7-9-21)15(22)11-4-5-19-10-11/h1-3,11,19H,4-10H2. The molecule has 23 heavy (non-hydrogen) atoms. The molecule has 2 heterocycles.